The number of carboxylic acids is 1. The number of nitrogens with one attached hydrogen (secondary N) is 1. The molecule has 7 heteroatoms. The number of hydrogen-bond donors (Lipinski definition) is 1. The number of para-hydroxylation sites is 2. The summed E-state index contributed by atoms with van der Waals surface area (Å²) in [5.41, 5.74) is 2.81. The molecule has 1 amide bonds. The molecule has 3 aromatic rings. The van der Waals surface area contributed by atoms with Crippen LogP contribution in [0.3, 0.4) is 0 Å². The first-order chi connectivity index (χ1) is 14.6. The molecule has 7 nitrogen and oxygen atoms in total. The number of carbonyl (C=O) groups excluding carboxylic acids is 2. The summed E-state index contributed by atoms with van der Waals surface area (Å²) in [6.07, 6.45) is -0.501. The van der Waals surface area contributed by atoms with Crippen molar-refractivity contribution in [2.75, 3.05) is 23.9 Å². The zero-order valence-corrected chi connectivity index (χ0v) is 16.2. The van der Waals surface area contributed by atoms with E-state index in [9.17, 15) is 14.7 Å². The standard InChI is InChI=1S/C23H20N2O5/c1-29-20-13-15(11-12-19(20)30-14-21(26)27)22-24-18-10-6-5-9-17(18)23(28)25(22)16-7-3-2-4-8-16/h2-13,22,24H,14H2,1H3,(H,26,27)/p-1/t22-/m1/s1. The van der Waals surface area contributed by atoms with Gasteiger partial charge in [0.1, 0.15) is 12.8 Å². The predicted octanol–water partition coefficient (Wildman–Crippen LogP) is 2.59. The number of fused-ring (bicyclic) bond motifs is 1. The van der Waals surface area contributed by atoms with Gasteiger partial charge in [0.05, 0.1) is 18.6 Å². The molecule has 0 unspecified atom stereocenters. The van der Waals surface area contributed by atoms with Crippen LogP contribution in [-0.4, -0.2) is 25.6 Å². The minimum absolute atomic E-state index is 0.128. The molecule has 1 N–H and O–H groups in total. The van der Waals surface area contributed by atoms with Gasteiger partial charge in [0.2, 0.25) is 0 Å². The van der Waals surface area contributed by atoms with E-state index >= 15 is 0 Å². The Balaban J connectivity index is 1.77. The lowest BCUT2D eigenvalue weighted by Crippen LogP contribution is -2.43. The van der Waals surface area contributed by atoms with Gasteiger partial charge in [0, 0.05) is 11.4 Å². The summed E-state index contributed by atoms with van der Waals surface area (Å²) in [5.74, 6) is -0.821. The number of benzene rings is 3. The van der Waals surface area contributed by atoms with E-state index in [4.69, 9.17) is 9.47 Å². The fraction of sp³-hybridized carbons (Fsp3) is 0.130. The summed E-state index contributed by atoms with van der Waals surface area (Å²) in [6, 6.07) is 21.8. The molecule has 1 atom stereocenters. The van der Waals surface area contributed by atoms with Crippen molar-refractivity contribution in [2.24, 2.45) is 0 Å². The topological polar surface area (TPSA) is 90.9 Å². The fourth-order valence-corrected chi connectivity index (χ4v) is 3.45. The highest BCUT2D eigenvalue weighted by molar-refractivity contribution is 6.12. The van der Waals surface area contributed by atoms with Crippen molar-refractivity contribution in [3.05, 3.63) is 83.9 Å². The molecule has 4 rings (SSSR count). The molecule has 0 spiro atoms. The van der Waals surface area contributed by atoms with Gasteiger partial charge in [0.15, 0.2) is 11.5 Å². The van der Waals surface area contributed by atoms with Gasteiger partial charge in [-0.25, -0.2) is 0 Å². The maximum absolute atomic E-state index is 13.4. The molecule has 1 aliphatic heterocycles. The molecule has 0 radical (unpaired) electrons. The van der Waals surface area contributed by atoms with Crippen LogP contribution in [0.2, 0.25) is 0 Å². The third-order valence-electron chi connectivity index (χ3n) is 4.81. The zero-order chi connectivity index (χ0) is 21.1. The minimum Gasteiger partial charge on any atom is -0.546 e. The third-order valence-corrected chi connectivity index (χ3v) is 4.81. The lowest BCUT2D eigenvalue weighted by atomic mass is 10.0. The van der Waals surface area contributed by atoms with Crippen LogP contribution in [0.15, 0.2) is 72.8 Å². The average Bonchev–Trinajstić information content (AvgIpc) is 2.78. The summed E-state index contributed by atoms with van der Waals surface area (Å²) in [6.45, 7) is -0.584. The monoisotopic (exact) mass is 403 g/mol. The maximum Gasteiger partial charge on any atom is 0.262 e. The molecular weight excluding hydrogens is 384 g/mol. The van der Waals surface area contributed by atoms with Gasteiger partial charge in [-0.15, -0.1) is 0 Å². The van der Waals surface area contributed by atoms with E-state index in [1.165, 1.54) is 7.11 Å². The van der Waals surface area contributed by atoms with Crippen LogP contribution in [-0.2, 0) is 4.79 Å². The van der Waals surface area contributed by atoms with Gasteiger partial charge in [-0.1, -0.05) is 36.4 Å². The van der Waals surface area contributed by atoms with Crippen LogP contribution in [0.4, 0.5) is 11.4 Å². The Bertz CT molecular complexity index is 1080. The van der Waals surface area contributed by atoms with Gasteiger partial charge in [-0.3, -0.25) is 9.69 Å². The van der Waals surface area contributed by atoms with E-state index in [1.54, 1.807) is 29.2 Å². The van der Waals surface area contributed by atoms with E-state index < -0.39 is 18.7 Å². The number of rotatable bonds is 6. The molecule has 30 heavy (non-hydrogen) atoms. The van der Waals surface area contributed by atoms with Crippen molar-refractivity contribution >= 4 is 23.3 Å². The molecule has 0 saturated carbocycles. The molecule has 0 saturated heterocycles. The highest BCUT2D eigenvalue weighted by Gasteiger charge is 2.34. The lowest BCUT2D eigenvalue weighted by molar-refractivity contribution is -0.307. The summed E-state index contributed by atoms with van der Waals surface area (Å²) in [4.78, 5) is 25.7. The van der Waals surface area contributed by atoms with Gasteiger partial charge in [-0.2, -0.15) is 0 Å². The number of hydrogen-bond acceptors (Lipinski definition) is 6. The number of methoxy groups -OCH3 is 1. The second-order valence-electron chi connectivity index (χ2n) is 6.67. The van der Waals surface area contributed by atoms with Crippen LogP contribution in [0.25, 0.3) is 0 Å². The second kappa shape index (κ2) is 8.16. The van der Waals surface area contributed by atoms with Crippen molar-refractivity contribution in [1.82, 2.24) is 0 Å². The molecule has 0 bridgehead atoms. The van der Waals surface area contributed by atoms with Crippen molar-refractivity contribution in [3.8, 4) is 11.5 Å². The molecule has 152 valence electrons. The molecular formula is C23H19N2O5-. The molecule has 1 aliphatic rings. The van der Waals surface area contributed by atoms with Gasteiger partial charge in [0.25, 0.3) is 5.91 Å². The fourth-order valence-electron chi connectivity index (χ4n) is 3.45. The van der Waals surface area contributed by atoms with Crippen molar-refractivity contribution in [1.29, 1.82) is 0 Å². The Morgan fingerprint density at radius 2 is 1.77 bits per heavy atom. The smallest absolute Gasteiger partial charge is 0.262 e. The number of carboxylic acid groups (broad SMARTS) is 1. The van der Waals surface area contributed by atoms with E-state index in [-0.39, 0.29) is 11.7 Å². The Morgan fingerprint density at radius 3 is 2.50 bits per heavy atom. The highest BCUT2D eigenvalue weighted by atomic mass is 16.5. The van der Waals surface area contributed by atoms with E-state index in [2.05, 4.69) is 5.32 Å². The summed E-state index contributed by atoms with van der Waals surface area (Å²) >= 11 is 0. The van der Waals surface area contributed by atoms with Crippen LogP contribution in [0.5, 0.6) is 11.5 Å². The first kappa shape index (κ1) is 19.3. The number of nitrogens with zero attached hydrogens (tertiary/aromatic N) is 1. The molecule has 0 fully saturated rings. The largest absolute Gasteiger partial charge is 0.546 e. The summed E-state index contributed by atoms with van der Waals surface area (Å²) in [7, 11) is 1.47. The zero-order valence-electron chi connectivity index (χ0n) is 16.2. The lowest BCUT2D eigenvalue weighted by Gasteiger charge is -2.38. The number of carbonyl (C=O) groups is 2. The highest BCUT2D eigenvalue weighted by Crippen LogP contribution is 2.39. The normalized spacial score (nSPS) is 15.2. The Kier molecular flexibility index (Phi) is 5.26. The van der Waals surface area contributed by atoms with E-state index in [0.29, 0.717) is 11.3 Å². The van der Waals surface area contributed by atoms with Gasteiger partial charge < -0.3 is 24.7 Å². The van der Waals surface area contributed by atoms with Crippen molar-refractivity contribution < 1.29 is 24.2 Å². The minimum atomic E-state index is -1.33. The molecule has 0 aliphatic carbocycles. The first-order valence-corrected chi connectivity index (χ1v) is 9.33. The maximum atomic E-state index is 13.4. The van der Waals surface area contributed by atoms with Gasteiger partial charge >= 0.3 is 0 Å². The first-order valence-electron chi connectivity index (χ1n) is 9.33. The van der Waals surface area contributed by atoms with Crippen molar-refractivity contribution in [2.45, 2.75) is 6.17 Å². The van der Waals surface area contributed by atoms with Crippen LogP contribution < -0.4 is 24.8 Å². The molecule has 3 aromatic carbocycles. The molecule has 0 aromatic heterocycles. The number of amides is 1. The Labute approximate surface area is 173 Å². The Morgan fingerprint density at radius 1 is 1.03 bits per heavy atom. The Hall–Kier alpha value is -4.00. The second-order valence-corrected chi connectivity index (χ2v) is 6.67. The number of ether oxygens (including phenoxy) is 2. The SMILES string of the molecule is COc1cc([C@@H]2Nc3ccccc3C(=O)N2c2ccccc2)ccc1OCC(=O)[O-]. The van der Waals surface area contributed by atoms with E-state index in [1.807, 2.05) is 48.5 Å². The van der Waals surface area contributed by atoms with Crippen molar-refractivity contribution in [3.63, 3.8) is 0 Å². The van der Waals surface area contributed by atoms with Crippen LogP contribution in [0, 0.1) is 0 Å². The van der Waals surface area contributed by atoms with E-state index in [0.717, 1.165) is 16.9 Å². The molecule has 1 heterocycles. The predicted molar refractivity (Wildman–Crippen MR) is 110 cm³/mol. The van der Waals surface area contributed by atoms with Crippen LogP contribution >= 0.6 is 0 Å². The quantitative estimate of drug-likeness (QED) is 0.680. The third kappa shape index (κ3) is 3.65. The summed E-state index contributed by atoms with van der Waals surface area (Å²) < 4.78 is 10.6. The number of aliphatic carboxylic acids is 1. The summed E-state index contributed by atoms with van der Waals surface area (Å²) in [5, 5.41) is 14.1. The average molecular weight is 403 g/mol. The van der Waals surface area contributed by atoms with Crippen LogP contribution in [0.1, 0.15) is 22.1 Å². The number of anilines is 2. The van der Waals surface area contributed by atoms with Gasteiger partial charge in [-0.05, 0) is 42.0 Å².